The molecule has 1 aliphatic heterocycles. The molecule has 1 saturated heterocycles. The fraction of sp³-hybridized carbons (Fsp3) is 0.562. The minimum atomic E-state index is 0.281. The predicted octanol–water partition coefficient (Wildman–Crippen LogP) is 3.97. The number of nitrogens with zero attached hydrogens (tertiary/aromatic N) is 3. The third kappa shape index (κ3) is 2.57. The molecule has 0 aromatic carbocycles. The number of aromatic nitrogens is 2. The SMILES string of the molecule is CC(C)(C)N1CCC(c2ccn3cnc(Cl)c3c2)CC1. The van der Waals surface area contributed by atoms with Gasteiger partial charge in [-0.25, -0.2) is 4.98 Å². The maximum atomic E-state index is 6.13. The summed E-state index contributed by atoms with van der Waals surface area (Å²) in [6, 6.07) is 4.41. The van der Waals surface area contributed by atoms with Gasteiger partial charge in [-0.2, -0.15) is 0 Å². The molecule has 3 nitrogen and oxygen atoms in total. The molecule has 2 aromatic heterocycles. The summed E-state index contributed by atoms with van der Waals surface area (Å²) in [4.78, 5) is 6.72. The first kappa shape index (κ1) is 13.9. The molecule has 20 heavy (non-hydrogen) atoms. The van der Waals surface area contributed by atoms with Crippen molar-refractivity contribution in [3.63, 3.8) is 0 Å². The second-order valence-electron chi connectivity index (χ2n) is 6.72. The van der Waals surface area contributed by atoms with Crippen LogP contribution in [0.2, 0.25) is 5.15 Å². The number of fused-ring (bicyclic) bond motifs is 1. The third-order valence-electron chi connectivity index (χ3n) is 4.43. The number of piperidine rings is 1. The zero-order valence-corrected chi connectivity index (χ0v) is 13.2. The number of imidazole rings is 1. The van der Waals surface area contributed by atoms with Gasteiger partial charge in [0.1, 0.15) is 6.33 Å². The molecule has 0 unspecified atom stereocenters. The average molecular weight is 292 g/mol. The van der Waals surface area contributed by atoms with Crippen molar-refractivity contribution in [3.05, 3.63) is 35.4 Å². The summed E-state index contributed by atoms with van der Waals surface area (Å²) in [6.07, 6.45) is 6.28. The van der Waals surface area contributed by atoms with Gasteiger partial charge in [0.05, 0.1) is 5.52 Å². The lowest BCUT2D eigenvalue weighted by Gasteiger charge is -2.41. The number of rotatable bonds is 1. The number of halogens is 1. The summed E-state index contributed by atoms with van der Waals surface area (Å²) in [5, 5.41) is 0.596. The van der Waals surface area contributed by atoms with Crippen LogP contribution in [0.3, 0.4) is 0 Å². The molecule has 0 atom stereocenters. The van der Waals surface area contributed by atoms with Gasteiger partial charge < -0.3 is 4.40 Å². The monoisotopic (exact) mass is 291 g/mol. The van der Waals surface area contributed by atoms with Crippen molar-refractivity contribution in [3.8, 4) is 0 Å². The van der Waals surface area contributed by atoms with Crippen molar-refractivity contribution in [1.29, 1.82) is 0 Å². The second kappa shape index (κ2) is 5.05. The van der Waals surface area contributed by atoms with Crippen molar-refractivity contribution in [2.24, 2.45) is 0 Å². The van der Waals surface area contributed by atoms with Gasteiger partial charge in [0.25, 0.3) is 0 Å². The molecule has 0 N–H and O–H groups in total. The molecule has 0 bridgehead atoms. The average Bonchev–Trinajstić information content (AvgIpc) is 2.79. The van der Waals surface area contributed by atoms with Crippen LogP contribution in [-0.4, -0.2) is 32.9 Å². The highest BCUT2D eigenvalue weighted by atomic mass is 35.5. The van der Waals surface area contributed by atoms with E-state index in [2.05, 4.69) is 49.0 Å². The van der Waals surface area contributed by atoms with Crippen molar-refractivity contribution < 1.29 is 0 Å². The van der Waals surface area contributed by atoms with Gasteiger partial charge in [-0.1, -0.05) is 11.6 Å². The van der Waals surface area contributed by atoms with E-state index in [9.17, 15) is 0 Å². The van der Waals surface area contributed by atoms with E-state index in [1.54, 1.807) is 6.33 Å². The van der Waals surface area contributed by atoms with Crippen LogP contribution in [0, 0.1) is 0 Å². The Kier molecular flexibility index (Phi) is 3.51. The smallest absolute Gasteiger partial charge is 0.154 e. The number of hydrogen-bond donors (Lipinski definition) is 0. The second-order valence-corrected chi connectivity index (χ2v) is 7.08. The van der Waals surface area contributed by atoms with Gasteiger partial charge >= 0.3 is 0 Å². The summed E-state index contributed by atoms with van der Waals surface area (Å²) < 4.78 is 1.98. The zero-order chi connectivity index (χ0) is 14.3. The van der Waals surface area contributed by atoms with Crippen molar-refractivity contribution in [1.82, 2.24) is 14.3 Å². The van der Waals surface area contributed by atoms with Crippen LogP contribution >= 0.6 is 11.6 Å². The fourth-order valence-electron chi connectivity index (χ4n) is 3.11. The summed E-state index contributed by atoms with van der Waals surface area (Å²) in [6.45, 7) is 9.24. The number of hydrogen-bond acceptors (Lipinski definition) is 2. The van der Waals surface area contributed by atoms with Gasteiger partial charge in [0.2, 0.25) is 0 Å². The molecule has 1 aliphatic rings. The maximum absolute atomic E-state index is 6.13. The predicted molar refractivity (Wildman–Crippen MR) is 83.5 cm³/mol. The third-order valence-corrected chi connectivity index (χ3v) is 4.72. The molecule has 3 heterocycles. The quantitative estimate of drug-likeness (QED) is 0.792. The Balaban J connectivity index is 1.78. The van der Waals surface area contributed by atoms with Gasteiger partial charge in [-0.05, 0) is 70.3 Å². The van der Waals surface area contributed by atoms with Crippen molar-refractivity contribution >= 4 is 17.1 Å². The lowest BCUT2D eigenvalue weighted by molar-refractivity contribution is 0.102. The van der Waals surface area contributed by atoms with Crippen LogP contribution < -0.4 is 0 Å². The van der Waals surface area contributed by atoms with E-state index in [-0.39, 0.29) is 5.54 Å². The lowest BCUT2D eigenvalue weighted by atomic mass is 9.88. The van der Waals surface area contributed by atoms with E-state index in [1.165, 1.54) is 31.5 Å². The van der Waals surface area contributed by atoms with Crippen LogP contribution in [0.15, 0.2) is 24.7 Å². The molecule has 3 rings (SSSR count). The molecular formula is C16H22ClN3. The first-order valence-electron chi connectivity index (χ1n) is 7.32. The molecule has 0 saturated carbocycles. The van der Waals surface area contributed by atoms with Crippen LogP contribution in [0.5, 0.6) is 0 Å². The zero-order valence-electron chi connectivity index (χ0n) is 12.4. The van der Waals surface area contributed by atoms with Crippen LogP contribution in [0.25, 0.3) is 5.52 Å². The van der Waals surface area contributed by atoms with E-state index < -0.39 is 0 Å². The molecule has 0 amide bonds. The van der Waals surface area contributed by atoms with Crippen LogP contribution in [-0.2, 0) is 0 Å². The maximum Gasteiger partial charge on any atom is 0.154 e. The molecular weight excluding hydrogens is 270 g/mol. The van der Waals surface area contributed by atoms with E-state index in [0.29, 0.717) is 11.1 Å². The van der Waals surface area contributed by atoms with Crippen LogP contribution in [0.1, 0.15) is 45.1 Å². The lowest BCUT2D eigenvalue weighted by Crippen LogP contribution is -2.45. The van der Waals surface area contributed by atoms with E-state index >= 15 is 0 Å². The Bertz CT molecular complexity index is 604. The molecule has 0 radical (unpaired) electrons. The molecule has 108 valence electrons. The summed E-state index contributed by atoms with van der Waals surface area (Å²) in [5.74, 6) is 0.643. The standard InChI is InChI=1S/C16H22ClN3/c1-16(2,3)20-8-5-12(6-9-20)13-4-7-19-11-18-15(17)14(19)10-13/h4,7,10-12H,5-6,8-9H2,1-3H3. The molecule has 4 heteroatoms. The highest BCUT2D eigenvalue weighted by Gasteiger charge is 2.27. The molecule has 1 fully saturated rings. The Labute approximate surface area is 125 Å². The summed E-state index contributed by atoms with van der Waals surface area (Å²) in [5.41, 5.74) is 2.69. The molecule has 2 aromatic rings. The van der Waals surface area contributed by atoms with Crippen LogP contribution in [0.4, 0.5) is 0 Å². The fourth-order valence-corrected chi connectivity index (χ4v) is 3.31. The highest BCUT2D eigenvalue weighted by Crippen LogP contribution is 2.32. The molecule has 0 aliphatic carbocycles. The minimum absolute atomic E-state index is 0.281. The van der Waals surface area contributed by atoms with Gasteiger partial charge in [-0.3, -0.25) is 4.90 Å². The Morgan fingerprint density at radius 2 is 1.95 bits per heavy atom. The normalized spacial score (nSPS) is 18.8. The summed E-state index contributed by atoms with van der Waals surface area (Å²) >= 11 is 6.13. The molecule has 0 spiro atoms. The Hall–Kier alpha value is -1.06. The Morgan fingerprint density at radius 3 is 2.60 bits per heavy atom. The van der Waals surface area contributed by atoms with E-state index in [0.717, 1.165) is 5.52 Å². The number of pyridine rings is 1. The number of likely N-dealkylation sites (tertiary alicyclic amines) is 1. The van der Waals surface area contributed by atoms with Crippen molar-refractivity contribution in [2.45, 2.75) is 45.1 Å². The Morgan fingerprint density at radius 1 is 1.25 bits per heavy atom. The van der Waals surface area contributed by atoms with Gasteiger partial charge in [-0.15, -0.1) is 0 Å². The highest BCUT2D eigenvalue weighted by molar-refractivity contribution is 6.32. The minimum Gasteiger partial charge on any atom is -0.305 e. The summed E-state index contributed by atoms with van der Waals surface area (Å²) in [7, 11) is 0. The first-order valence-corrected chi connectivity index (χ1v) is 7.70. The first-order chi connectivity index (χ1) is 9.45. The van der Waals surface area contributed by atoms with E-state index in [1.807, 2.05) is 4.40 Å². The largest absolute Gasteiger partial charge is 0.305 e. The van der Waals surface area contributed by atoms with E-state index in [4.69, 9.17) is 11.6 Å². The van der Waals surface area contributed by atoms with Gasteiger partial charge in [0, 0.05) is 11.7 Å². The topological polar surface area (TPSA) is 20.5 Å². The van der Waals surface area contributed by atoms with Crippen molar-refractivity contribution in [2.75, 3.05) is 13.1 Å². The van der Waals surface area contributed by atoms with Gasteiger partial charge in [0.15, 0.2) is 5.15 Å².